The molecule has 1 aliphatic heterocycles. The zero-order chi connectivity index (χ0) is 17.5. The molecule has 1 aromatic rings. The standard InChI is InChI=1S/C19H30N2O3/c1-13(16-6-5-9-20-12-16)10-19(22)21-14(2)15-7-8-17(23-3)18(11-15)24-4/h7-8,11,13-14,16,20H,5-6,9-10,12H2,1-4H3,(H,21,22)/t13-,14+,16+/m1/s1. The van der Waals surface area contributed by atoms with Gasteiger partial charge in [-0.25, -0.2) is 0 Å². The second-order valence-corrected chi connectivity index (χ2v) is 6.69. The number of rotatable bonds is 7. The Hall–Kier alpha value is -1.75. The number of carbonyl (C=O) groups excluding carboxylic acids is 1. The lowest BCUT2D eigenvalue weighted by Crippen LogP contribution is -2.36. The minimum absolute atomic E-state index is 0.0611. The monoisotopic (exact) mass is 334 g/mol. The van der Waals surface area contributed by atoms with Crippen LogP contribution < -0.4 is 20.1 Å². The summed E-state index contributed by atoms with van der Waals surface area (Å²) < 4.78 is 10.6. The predicted molar refractivity (Wildman–Crippen MR) is 95.5 cm³/mol. The van der Waals surface area contributed by atoms with Crippen molar-refractivity contribution < 1.29 is 14.3 Å². The maximum absolute atomic E-state index is 12.4. The molecule has 1 fully saturated rings. The quantitative estimate of drug-likeness (QED) is 0.805. The molecule has 1 aromatic carbocycles. The lowest BCUT2D eigenvalue weighted by Gasteiger charge is -2.28. The van der Waals surface area contributed by atoms with Gasteiger partial charge in [0.15, 0.2) is 11.5 Å². The van der Waals surface area contributed by atoms with Crippen LogP contribution in [0.25, 0.3) is 0 Å². The van der Waals surface area contributed by atoms with Crippen LogP contribution in [0, 0.1) is 11.8 Å². The molecule has 5 nitrogen and oxygen atoms in total. The van der Waals surface area contributed by atoms with Gasteiger partial charge in [0.2, 0.25) is 5.91 Å². The molecule has 2 N–H and O–H groups in total. The van der Waals surface area contributed by atoms with Crippen LogP contribution in [0.3, 0.4) is 0 Å². The number of nitrogens with one attached hydrogen (secondary N) is 2. The molecule has 1 aliphatic rings. The van der Waals surface area contributed by atoms with Crippen molar-refractivity contribution in [3.05, 3.63) is 23.8 Å². The first-order valence-electron chi connectivity index (χ1n) is 8.77. The summed E-state index contributed by atoms with van der Waals surface area (Å²) in [6, 6.07) is 5.68. The van der Waals surface area contributed by atoms with Gasteiger partial charge >= 0.3 is 0 Å². The van der Waals surface area contributed by atoms with Crippen molar-refractivity contribution in [1.29, 1.82) is 0 Å². The molecule has 0 aromatic heterocycles. The number of benzene rings is 1. The molecule has 0 radical (unpaired) electrons. The minimum Gasteiger partial charge on any atom is -0.493 e. The highest BCUT2D eigenvalue weighted by atomic mass is 16.5. The van der Waals surface area contributed by atoms with E-state index in [-0.39, 0.29) is 11.9 Å². The first-order chi connectivity index (χ1) is 11.5. The summed E-state index contributed by atoms with van der Waals surface area (Å²) in [4.78, 5) is 12.4. The normalized spacial score (nSPS) is 20.1. The second kappa shape index (κ2) is 8.92. The largest absolute Gasteiger partial charge is 0.493 e. The first kappa shape index (κ1) is 18.6. The van der Waals surface area contributed by atoms with Crippen LogP contribution in [-0.4, -0.2) is 33.2 Å². The van der Waals surface area contributed by atoms with Gasteiger partial charge in [-0.2, -0.15) is 0 Å². The molecule has 0 saturated carbocycles. The molecule has 0 bridgehead atoms. The van der Waals surface area contributed by atoms with Gasteiger partial charge in [0.05, 0.1) is 20.3 Å². The second-order valence-electron chi connectivity index (χ2n) is 6.69. The Morgan fingerprint density at radius 2 is 2.04 bits per heavy atom. The molecule has 134 valence electrons. The average molecular weight is 334 g/mol. The van der Waals surface area contributed by atoms with Gasteiger partial charge in [-0.05, 0) is 62.4 Å². The highest BCUT2D eigenvalue weighted by Gasteiger charge is 2.22. The van der Waals surface area contributed by atoms with Gasteiger partial charge in [0.1, 0.15) is 0 Å². The number of amides is 1. The van der Waals surface area contributed by atoms with E-state index in [1.807, 2.05) is 25.1 Å². The molecule has 0 spiro atoms. The lowest BCUT2D eigenvalue weighted by atomic mass is 9.85. The van der Waals surface area contributed by atoms with E-state index in [0.717, 1.165) is 18.7 Å². The van der Waals surface area contributed by atoms with Gasteiger partial charge in [0, 0.05) is 6.42 Å². The van der Waals surface area contributed by atoms with E-state index in [0.29, 0.717) is 29.8 Å². The van der Waals surface area contributed by atoms with Gasteiger partial charge in [0.25, 0.3) is 0 Å². The summed E-state index contributed by atoms with van der Waals surface area (Å²) in [7, 11) is 3.23. The van der Waals surface area contributed by atoms with Crippen molar-refractivity contribution in [2.24, 2.45) is 11.8 Å². The number of hydrogen-bond donors (Lipinski definition) is 2. The van der Waals surface area contributed by atoms with Crippen LogP contribution in [0.5, 0.6) is 11.5 Å². The highest BCUT2D eigenvalue weighted by Crippen LogP contribution is 2.30. The van der Waals surface area contributed by atoms with Crippen LogP contribution in [0.15, 0.2) is 18.2 Å². The summed E-state index contributed by atoms with van der Waals surface area (Å²) in [5, 5.41) is 6.52. The number of carbonyl (C=O) groups is 1. The number of ether oxygens (including phenoxy) is 2. The van der Waals surface area contributed by atoms with Crippen molar-refractivity contribution in [1.82, 2.24) is 10.6 Å². The average Bonchev–Trinajstić information content (AvgIpc) is 2.61. The van der Waals surface area contributed by atoms with Crippen molar-refractivity contribution >= 4 is 5.91 Å². The molecule has 5 heteroatoms. The van der Waals surface area contributed by atoms with Crippen LogP contribution in [0.4, 0.5) is 0 Å². The Kier molecular flexibility index (Phi) is 6.91. The summed E-state index contributed by atoms with van der Waals surface area (Å²) in [5.41, 5.74) is 1.01. The Morgan fingerprint density at radius 3 is 2.67 bits per heavy atom. The van der Waals surface area contributed by atoms with Crippen LogP contribution in [0.1, 0.15) is 44.7 Å². The molecule has 0 unspecified atom stereocenters. The molecule has 3 atom stereocenters. The fraction of sp³-hybridized carbons (Fsp3) is 0.632. The fourth-order valence-corrected chi connectivity index (χ4v) is 3.33. The third kappa shape index (κ3) is 4.87. The van der Waals surface area contributed by atoms with Crippen molar-refractivity contribution in [3.8, 4) is 11.5 Å². The molecule has 2 rings (SSSR count). The fourth-order valence-electron chi connectivity index (χ4n) is 3.33. The van der Waals surface area contributed by atoms with E-state index in [9.17, 15) is 4.79 Å². The Bertz CT molecular complexity index is 541. The van der Waals surface area contributed by atoms with Gasteiger partial charge in [-0.1, -0.05) is 13.0 Å². The molecule has 1 heterocycles. The zero-order valence-corrected chi connectivity index (χ0v) is 15.2. The predicted octanol–water partition coefficient (Wildman–Crippen LogP) is 2.91. The van der Waals surface area contributed by atoms with Crippen molar-refractivity contribution in [2.45, 2.75) is 39.2 Å². The molecule has 0 aliphatic carbocycles. The van der Waals surface area contributed by atoms with Gasteiger partial charge in [-0.3, -0.25) is 4.79 Å². The van der Waals surface area contributed by atoms with E-state index >= 15 is 0 Å². The summed E-state index contributed by atoms with van der Waals surface area (Å²) in [5.74, 6) is 2.47. The van der Waals surface area contributed by atoms with Gasteiger partial charge < -0.3 is 20.1 Å². The maximum atomic E-state index is 12.4. The van der Waals surface area contributed by atoms with Crippen LogP contribution >= 0.6 is 0 Å². The molecular formula is C19H30N2O3. The van der Waals surface area contributed by atoms with Crippen LogP contribution in [0.2, 0.25) is 0 Å². The SMILES string of the molecule is COc1ccc([C@H](C)NC(=O)C[C@@H](C)[C@H]2CCCNC2)cc1OC. The third-order valence-corrected chi connectivity index (χ3v) is 4.93. The molecule has 1 amide bonds. The summed E-state index contributed by atoms with van der Waals surface area (Å²) in [6.45, 7) is 6.30. The Balaban J connectivity index is 1.91. The minimum atomic E-state index is -0.0611. The maximum Gasteiger partial charge on any atom is 0.220 e. The third-order valence-electron chi connectivity index (χ3n) is 4.93. The smallest absolute Gasteiger partial charge is 0.220 e. The summed E-state index contributed by atoms with van der Waals surface area (Å²) in [6.07, 6.45) is 3.00. The van der Waals surface area contributed by atoms with E-state index in [2.05, 4.69) is 17.6 Å². The number of piperidine rings is 1. The highest BCUT2D eigenvalue weighted by molar-refractivity contribution is 5.76. The Morgan fingerprint density at radius 1 is 1.29 bits per heavy atom. The molecule has 1 saturated heterocycles. The van der Waals surface area contributed by atoms with Crippen molar-refractivity contribution in [2.75, 3.05) is 27.3 Å². The number of hydrogen-bond acceptors (Lipinski definition) is 4. The number of methoxy groups -OCH3 is 2. The van der Waals surface area contributed by atoms with Crippen LogP contribution in [-0.2, 0) is 4.79 Å². The van der Waals surface area contributed by atoms with Crippen molar-refractivity contribution in [3.63, 3.8) is 0 Å². The lowest BCUT2D eigenvalue weighted by molar-refractivity contribution is -0.123. The molecule has 24 heavy (non-hydrogen) atoms. The Labute approximate surface area is 145 Å². The topological polar surface area (TPSA) is 59.6 Å². The molecular weight excluding hydrogens is 304 g/mol. The van der Waals surface area contributed by atoms with E-state index in [1.165, 1.54) is 12.8 Å². The van der Waals surface area contributed by atoms with E-state index in [4.69, 9.17) is 9.47 Å². The summed E-state index contributed by atoms with van der Waals surface area (Å²) >= 11 is 0. The zero-order valence-electron chi connectivity index (χ0n) is 15.2. The van der Waals surface area contributed by atoms with E-state index in [1.54, 1.807) is 14.2 Å². The first-order valence-corrected chi connectivity index (χ1v) is 8.77. The van der Waals surface area contributed by atoms with E-state index < -0.39 is 0 Å². The van der Waals surface area contributed by atoms with Gasteiger partial charge in [-0.15, -0.1) is 0 Å².